The normalized spacial score (nSPS) is 35.8. The van der Waals surface area contributed by atoms with Crippen molar-refractivity contribution in [2.45, 2.75) is 84.4 Å². The fraction of sp³-hybridized carbons (Fsp3) is 0.588. The molecular formula is C34H38Br6N2O2. The SMILES string of the molecule is Cc1cc(-c2ccc(NC(=O)C34CCC(C(Br)Br)(C3Br)C4(C)C)c(C)c2)ccc1NC(=O)C12CCC(C(Br)Br)(C1Br)C2(C)C. The lowest BCUT2D eigenvalue weighted by atomic mass is 9.43. The van der Waals surface area contributed by atoms with Gasteiger partial charge in [-0.2, -0.15) is 0 Å². The zero-order valence-electron chi connectivity index (χ0n) is 25.7. The maximum absolute atomic E-state index is 13.9. The van der Waals surface area contributed by atoms with Gasteiger partial charge in [-0.05, 0) is 96.9 Å². The monoisotopic (exact) mass is 980 g/mol. The van der Waals surface area contributed by atoms with Crippen molar-refractivity contribution in [1.29, 1.82) is 0 Å². The number of fused-ring (bicyclic) bond motifs is 2. The summed E-state index contributed by atoms with van der Waals surface area (Å²) in [6.07, 6.45) is 3.70. The minimum Gasteiger partial charge on any atom is -0.325 e. The molecule has 6 fully saturated rings. The van der Waals surface area contributed by atoms with Gasteiger partial charge in [0.05, 0.1) is 18.3 Å². The number of halogens is 6. The Kier molecular flexibility index (Phi) is 8.44. The molecule has 0 aromatic heterocycles. The molecule has 2 aromatic rings. The Hall–Kier alpha value is 0.260. The predicted octanol–water partition coefficient (Wildman–Crippen LogP) is 11.2. The summed E-state index contributed by atoms with van der Waals surface area (Å²) < 4.78 is 0.285. The van der Waals surface area contributed by atoms with Crippen molar-refractivity contribution < 1.29 is 9.59 Å². The van der Waals surface area contributed by atoms with Crippen LogP contribution in [0, 0.1) is 46.3 Å². The number of hydrogen-bond donors (Lipinski definition) is 2. The Morgan fingerprint density at radius 3 is 1.25 bits per heavy atom. The highest BCUT2D eigenvalue weighted by Gasteiger charge is 2.84. The van der Waals surface area contributed by atoms with E-state index in [0.29, 0.717) is 0 Å². The number of hydrogen-bond acceptors (Lipinski definition) is 2. The van der Waals surface area contributed by atoms with Crippen LogP contribution in [0.15, 0.2) is 36.4 Å². The van der Waals surface area contributed by atoms with Gasteiger partial charge in [0, 0.05) is 31.9 Å². The van der Waals surface area contributed by atoms with Gasteiger partial charge in [-0.1, -0.05) is 135 Å². The Morgan fingerprint density at radius 2 is 1.00 bits per heavy atom. The maximum atomic E-state index is 13.9. The Balaban J connectivity index is 1.18. The van der Waals surface area contributed by atoms with Gasteiger partial charge in [0.25, 0.3) is 0 Å². The first-order chi connectivity index (χ1) is 20.4. The molecule has 4 nitrogen and oxygen atoms in total. The summed E-state index contributed by atoms with van der Waals surface area (Å²) in [6, 6.07) is 12.4. The van der Waals surface area contributed by atoms with E-state index in [9.17, 15) is 9.59 Å². The molecule has 8 rings (SSSR count). The molecular weight excluding hydrogens is 948 g/mol. The fourth-order valence-corrected chi connectivity index (χ4v) is 19.7. The van der Waals surface area contributed by atoms with Gasteiger partial charge in [-0.3, -0.25) is 9.59 Å². The van der Waals surface area contributed by atoms with E-state index >= 15 is 0 Å². The topological polar surface area (TPSA) is 58.2 Å². The third-order valence-corrected chi connectivity index (χ3v) is 19.5. The number of rotatable bonds is 7. The van der Waals surface area contributed by atoms with Crippen molar-refractivity contribution >= 4 is 119 Å². The fourth-order valence-electron chi connectivity index (χ4n) is 9.83. The molecule has 2 amide bonds. The van der Waals surface area contributed by atoms with Gasteiger partial charge in [0.2, 0.25) is 11.8 Å². The summed E-state index contributed by atoms with van der Waals surface area (Å²) in [6.45, 7) is 13.0. The summed E-state index contributed by atoms with van der Waals surface area (Å²) in [5.41, 5.74) is 4.62. The number of alkyl halides is 6. The van der Waals surface area contributed by atoms with Crippen LogP contribution in [0.5, 0.6) is 0 Å². The van der Waals surface area contributed by atoms with E-state index in [0.717, 1.165) is 59.3 Å². The molecule has 6 atom stereocenters. The molecule has 10 heteroatoms. The molecule has 0 saturated heterocycles. The molecule has 6 unspecified atom stereocenters. The number of benzene rings is 2. The van der Waals surface area contributed by atoms with Crippen LogP contribution >= 0.6 is 95.6 Å². The quantitative estimate of drug-likeness (QED) is 0.272. The molecule has 0 radical (unpaired) electrons. The molecule has 4 bridgehead atoms. The summed E-state index contributed by atoms with van der Waals surface area (Å²) >= 11 is 23.0. The average molecular weight is 986 g/mol. The van der Waals surface area contributed by atoms with Crippen LogP contribution in [0.4, 0.5) is 11.4 Å². The first-order valence-electron chi connectivity index (χ1n) is 15.1. The third kappa shape index (κ3) is 3.87. The number of aryl methyl sites for hydroxylation is 2. The Morgan fingerprint density at radius 1 is 0.659 bits per heavy atom. The molecule has 2 N–H and O–H groups in total. The van der Waals surface area contributed by atoms with Crippen molar-refractivity contribution in [1.82, 2.24) is 0 Å². The highest BCUT2D eigenvalue weighted by molar-refractivity contribution is 9.25. The van der Waals surface area contributed by atoms with Gasteiger partial charge < -0.3 is 10.6 Å². The lowest BCUT2D eigenvalue weighted by Gasteiger charge is -2.66. The average Bonchev–Trinajstić information content (AvgIpc) is 3.62. The van der Waals surface area contributed by atoms with Gasteiger partial charge >= 0.3 is 0 Å². The van der Waals surface area contributed by atoms with E-state index in [1.165, 1.54) is 0 Å². The molecule has 238 valence electrons. The van der Waals surface area contributed by atoms with Crippen LogP contribution < -0.4 is 10.6 Å². The standard InChI is InChI=1S/C34H38Br6N2O2/c1-17-15-19(7-9-21(17)41-27(43)33-13-11-31(23(33)35,25(37)38)29(33,3)4)20-8-10-22(18(2)16-20)42-28(44)34-14-12-32(24(34)36,26(39)40)30(34,5)6/h7-10,15-16,23-26H,11-14H2,1-6H3,(H,41,43)(H,42,44). The number of anilines is 2. The first kappa shape index (κ1) is 34.1. The summed E-state index contributed by atoms with van der Waals surface area (Å²) in [5, 5.41) is 6.58. The summed E-state index contributed by atoms with van der Waals surface area (Å²) in [4.78, 5) is 27.9. The second kappa shape index (κ2) is 10.9. The molecule has 0 spiro atoms. The molecule has 6 aliphatic carbocycles. The van der Waals surface area contributed by atoms with Crippen molar-refractivity contribution in [2.24, 2.45) is 32.5 Å². The summed E-state index contributed by atoms with van der Waals surface area (Å²) in [7, 11) is 0. The minimum atomic E-state index is -0.456. The third-order valence-electron chi connectivity index (χ3n) is 13.1. The zero-order valence-corrected chi connectivity index (χ0v) is 35.2. The van der Waals surface area contributed by atoms with Gasteiger partial charge in [0.15, 0.2) is 0 Å². The number of carbonyl (C=O) groups is 2. The smallest absolute Gasteiger partial charge is 0.232 e. The number of carbonyl (C=O) groups excluding carboxylic acids is 2. The molecule has 44 heavy (non-hydrogen) atoms. The van der Waals surface area contributed by atoms with Crippen molar-refractivity contribution in [3.8, 4) is 11.1 Å². The molecule has 0 aliphatic heterocycles. The second-order valence-corrected chi connectivity index (χ2v) is 22.5. The minimum absolute atomic E-state index is 0.0115. The van der Waals surface area contributed by atoms with Crippen LogP contribution in [0.1, 0.15) is 64.5 Å². The van der Waals surface area contributed by atoms with Crippen LogP contribution in [-0.4, -0.2) is 28.9 Å². The molecule has 0 heterocycles. The van der Waals surface area contributed by atoms with Gasteiger partial charge in [0.1, 0.15) is 0 Å². The highest BCUT2D eigenvalue weighted by Crippen LogP contribution is 2.83. The molecule has 2 aromatic carbocycles. The van der Waals surface area contributed by atoms with E-state index in [1.807, 2.05) is 26.0 Å². The van der Waals surface area contributed by atoms with Crippen molar-refractivity contribution in [3.05, 3.63) is 47.5 Å². The Bertz CT molecular complexity index is 1460. The van der Waals surface area contributed by atoms with Crippen molar-refractivity contribution in [3.63, 3.8) is 0 Å². The summed E-state index contributed by atoms with van der Waals surface area (Å²) in [5.74, 6) is 0.180. The van der Waals surface area contributed by atoms with Gasteiger partial charge in [-0.15, -0.1) is 0 Å². The van der Waals surface area contributed by atoms with E-state index < -0.39 is 10.8 Å². The lowest BCUT2D eigenvalue weighted by molar-refractivity contribution is -0.156. The van der Waals surface area contributed by atoms with Crippen LogP contribution in [0.3, 0.4) is 0 Å². The number of nitrogens with one attached hydrogen (secondary N) is 2. The van der Waals surface area contributed by atoms with Gasteiger partial charge in [-0.25, -0.2) is 0 Å². The van der Waals surface area contributed by atoms with Crippen molar-refractivity contribution in [2.75, 3.05) is 10.6 Å². The van der Waals surface area contributed by atoms with E-state index in [4.69, 9.17) is 0 Å². The lowest BCUT2D eigenvalue weighted by Crippen LogP contribution is -2.71. The highest BCUT2D eigenvalue weighted by atomic mass is 79.9. The predicted molar refractivity (Wildman–Crippen MR) is 203 cm³/mol. The molecule has 6 aliphatic rings. The zero-order chi connectivity index (χ0) is 32.4. The Labute approximate surface area is 311 Å². The largest absolute Gasteiger partial charge is 0.325 e. The first-order valence-corrected chi connectivity index (χ1v) is 20.6. The van der Waals surface area contributed by atoms with E-state index in [-0.39, 0.29) is 50.6 Å². The second-order valence-electron chi connectivity index (χ2n) is 14.6. The number of amides is 2. The van der Waals surface area contributed by atoms with E-state index in [2.05, 4.69) is 158 Å². The molecule has 6 saturated carbocycles. The van der Waals surface area contributed by atoms with E-state index in [1.54, 1.807) is 0 Å². The maximum Gasteiger partial charge on any atom is 0.232 e. The van der Waals surface area contributed by atoms with Crippen LogP contribution in [0.25, 0.3) is 11.1 Å². The van der Waals surface area contributed by atoms with Crippen LogP contribution in [0.2, 0.25) is 0 Å². The van der Waals surface area contributed by atoms with Crippen LogP contribution in [-0.2, 0) is 9.59 Å².